The number of aliphatic hydroxyl groups excluding tert-OH is 1. The summed E-state index contributed by atoms with van der Waals surface area (Å²) in [5, 5.41) is 45.3. The first-order valence-electron chi connectivity index (χ1n) is 25.6. The molecule has 1 unspecified atom stereocenters. The maximum Gasteiger partial charge on any atom is 0.336 e. The summed E-state index contributed by atoms with van der Waals surface area (Å²) in [7, 11) is 0. The molecule has 2 aromatic carbocycles. The van der Waals surface area contributed by atoms with Gasteiger partial charge in [0.25, 0.3) is 5.91 Å². The SMILES string of the molecule is C[C@H](NCc1cn(CCOCCOCCOCCNC(=O)c2ccc(C(=O)O)c(-c3c4ccc(=N)cc-4oc4cc(N)ccc34)c2)nn1)[C@H]1CC[C@@]2(C)[C@]3(C)CC=C4CC(O)CC[C@]4(C)[C@@]3(C)CC[C@]12C. The molecule has 3 saturated carbocycles. The maximum absolute atomic E-state index is 13.3. The van der Waals surface area contributed by atoms with E-state index in [2.05, 4.69) is 68.6 Å². The summed E-state index contributed by atoms with van der Waals surface area (Å²) in [5.74, 6) is -0.555. The lowest BCUT2D eigenvalue weighted by molar-refractivity contribution is -0.221. The number of aliphatic hydroxyl groups is 1. The number of carbonyl (C=O) groups is 2. The largest absolute Gasteiger partial charge is 0.478 e. The van der Waals surface area contributed by atoms with Crippen LogP contribution in [0.2, 0.25) is 0 Å². The first kappa shape index (κ1) is 50.5. The Morgan fingerprint density at radius 1 is 0.887 bits per heavy atom. The Balaban J connectivity index is 0.671. The molecule has 0 radical (unpaired) electrons. The number of carboxylic acids is 1. The molecular formula is C56H73N7O8. The number of allylic oxidation sites excluding steroid dienone is 1. The van der Waals surface area contributed by atoms with Crippen LogP contribution in [0, 0.1) is 38.4 Å². The number of carbonyl (C=O) groups excluding carboxylic acids is 1. The summed E-state index contributed by atoms with van der Waals surface area (Å²) < 4.78 is 25.1. The first-order valence-corrected chi connectivity index (χ1v) is 25.6. The van der Waals surface area contributed by atoms with Crippen molar-refractivity contribution in [1.29, 1.82) is 5.41 Å². The van der Waals surface area contributed by atoms with Crippen molar-refractivity contribution in [3.05, 3.63) is 94.6 Å². The Bertz CT molecular complexity index is 2840. The van der Waals surface area contributed by atoms with E-state index in [1.54, 1.807) is 42.5 Å². The number of nitrogens with zero attached hydrogens (tertiary/aromatic N) is 3. The predicted octanol–water partition coefficient (Wildman–Crippen LogP) is 8.62. The van der Waals surface area contributed by atoms with Gasteiger partial charge in [-0.15, -0.1) is 5.10 Å². The molecule has 380 valence electrons. The first-order chi connectivity index (χ1) is 33.9. The van der Waals surface area contributed by atoms with Gasteiger partial charge < -0.3 is 50.6 Å². The summed E-state index contributed by atoms with van der Waals surface area (Å²) in [6.07, 6.45) is 13.3. The van der Waals surface area contributed by atoms with Crippen molar-refractivity contribution in [2.24, 2.45) is 33.0 Å². The lowest BCUT2D eigenvalue weighted by Crippen LogP contribution is -2.66. The molecule has 2 heterocycles. The molecule has 3 aromatic rings. The molecule has 9 rings (SSSR count). The molecule has 1 aliphatic heterocycles. The number of nitrogens with two attached hydrogens (primary N) is 1. The highest BCUT2D eigenvalue weighted by Crippen LogP contribution is 2.81. The number of anilines is 1. The molecule has 0 spiro atoms. The molecule has 15 nitrogen and oxygen atoms in total. The maximum atomic E-state index is 13.3. The van der Waals surface area contributed by atoms with E-state index in [0.717, 1.165) is 31.4 Å². The van der Waals surface area contributed by atoms with Gasteiger partial charge in [-0.3, -0.25) is 4.79 Å². The number of carboxylic acid groups (broad SMARTS) is 1. The quantitative estimate of drug-likeness (QED) is 0.0198. The molecule has 15 heteroatoms. The van der Waals surface area contributed by atoms with Gasteiger partial charge in [-0.1, -0.05) is 51.5 Å². The van der Waals surface area contributed by atoms with Gasteiger partial charge in [-0.2, -0.15) is 0 Å². The summed E-state index contributed by atoms with van der Waals surface area (Å²) in [6.45, 7) is 19.2. The van der Waals surface area contributed by atoms with Crippen LogP contribution in [0.15, 0.2) is 76.9 Å². The zero-order chi connectivity index (χ0) is 50.3. The second-order valence-electron chi connectivity index (χ2n) is 22.0. The molecule has 5 aliphatic carbocycles. The van der Waals surface area contributed by atoms with Crippen LogP contribution >= 0.6 is 0 Å². The summed E-state index contributed by atoms with van der Waals surface area (Å²) >= 11 is 0. The molecule has 8 atom stereocenters. The molecule has 1 aromatic heterocycles. The molecule has 0 bridgehead atoms. The number of ether oxygens (including phenoxy) is 3. The van der Waals surface area contributed by atoms with E-state index in [1.807, 2.05) is 10.9 Å². The fourth-order valence-electron chi connectivity index (χ4n) is 14.1. The second kappa shape index (κ2) is 19.9. The average Bonchev–Trinajstić information content (AvgIpc) is 3.92. The minimum Gasteiger partial charge on any atom is -0.478 e. The van der Waals surface area contributed by atoms with Gasteiger partial charge in [0, 0.05) is 65.2 Å². The Hall–Kier alpha value is -5.45. The fourth-order valence-corrected chi connectivity index (χ4v) is 14.1. The molecule has 3 fully saturated rings. The van der Waals surface area contributed by atoms with Crippen LogP contribution in [0.1, 0.15) is 119 Å². The number of benzene rings is 3. The van der Waals surface area contributed by atoms with Crippen molar-refractivity contribution < 1.29 is 38.4 Å². The average molecular weight is 972 g/mol. The number of aromatic carboxylic acids is 1. The third-order valence-corrected chi connectivity index (χ3v) is 18.8. The fraction of sp³-hybridized carbons (Fsp3) is 0.554. The van der Waals surface area contributed by atoms with Gasteiger partial charge in [0.15, 0.2) is 0 Å². The van der Waals surface area contributed by atoms with Gasteiger partial charge in [0.05, 0.1) is 68.9 Å². The highest BCUT2D eigenvalue weighted by molar-refractivity contribution is 6.09. The minimum atomic E-state index is -1.14. The standard InChI is InChI=1S/C56H73N7O8/c1-35(46-15-18-54(4)53(46,3)19-20-55(5)52(2)16-14-41(64)30-37(52)13-17-56(54,55)6)60-33-40-34-63(62-61-40)22-24-69-26-28-70-27-25-68-23-21-59-50(65)36-7-10-42(51(66)67)45(29-36)49-43-11-8-38(57)31-47(43)71-48-32-39(58)9-12-44(48)49/h7-13,29,31-32,34-35,41,46,57,60,64H,14-28,30,33,58H2,1-6H3,(H,59,65)(H,66,67)/t35-,41?,46+,52-,53+,54+,55+,56-/m0/s1. The number of nitrogen functional groups attached to an aromatic ring is 1. The molecule has 7 N–H and O–H groups in total. The van der Waals surface area contributed by atoms with Crippen LogP contribution in [0.4, 0.5) is 5.69 Å². The van der Waals surface area contributed by atoms with E-state index in [-0.39, 0.29) is 68.7 Å². The normalized spacial score (nSPS) is 28.5. The van der Waals surface area contributed by atoms with E-state index < -0.39 is 5.97 Å². The molecule has 6 aliphatic rings. The molecule has 1 amide bonds. The van der Waals surface area contributed by atoms with Gasteiger partial charge in [-0.05, 0) is 139 Å². The molecule has 71 heavy (non-hydrogen) atoms. The van der Waals surface area contributed by atoms with Gasteiger partial charge in [0.2, 0.25) is 0 Å². The Labute approximate surface area is 416 Å². The predicted molar refractivity (Wildman–Crippen MR) is 272 cm³/mol. The van der Waals surface area contributed by atoms with Gasteiger partial charge in [-0.25, -0.2) is 9.48 Å². The number of fused-ring (bicyclic) bond motifs is 7. The number of aromatic nitrogens is 3. The summed E-state index contributed by atoms with van der Waals surface area (Å²) in [6, 6.07) is 14.8. The van der Waals surface area contributed by atoms with Crippen LogP contribution in [-0.2, 0) is 27.3 Å². The van der Waals surface area contributed by atoms with Crippen LogP contribution in [-0.4, -0.2) is 95.4 Å². The van der Waals surface area contributed by atoms with Gasteiger partial charge >= 0.3 is 5.97 Å². The number of rotatable bonds is 19. The number of hydrogen-bond donors (Lipinski definition) is 6. The van der Waals surface area contributed by atoms with Crippen molar-refractivity contribution in [3.8, 4) is 22.5 Å². The Kier molecular flexibility index (Phi) is 14.1. The van der Waals surface area contributed by atoms with Crippen molar-refractivity contribution >= 4 is 28.5 Å². The number of amides is 1. The van der Waals surface area contributed by atoms with E-state index in [9.17, 15) is 19.8 Å². The molecular weight excluding hydrogens is 899 g/mol. The molecule has 0 saturated heterocycles. The monoisotopic (exact) mass is 972 g/mol. The van der Waals surface area contributed by atoms with Crippen LogP contribution < -0.4 is 21.7 Å². The topological polar surface area (TPSA) is 220 Å². The lowest BCUT2D eigenvalue weighted by atomic mass is 9.31. The zero-order valence-electron chi connectivity index (χ0n) is 42.4. The van der Waals surface area contributed by atoms with E-state index in [1.165, 1.54) is 43.4 Å². The third-order valence-electron chi connectivity index (χ3n) is 18.8. The lowest BCUT2D eigenvalue weighted by Gasteiger charge is -2.73. The zero-order valence-corrected chi connectivity index (χ0v) is 42.4. The highest BCUT2D eigenvalue weighted by atomic mass is 16.5. The van der Waals surface area contributed by atoms with E-state index in [0.29, 0.717) is 97.2 Å². The third kappa shape index (κ3) is 9.00. The second-order valence-corrected chi connectivity index (χ2v) is 22.0. The minimum absolute atomic E-state index is 0.0180. The van der Waals surface area contributed by atoms with Crippen molar-refractivity contribution in [1.82, 2.24) is 25.6 Å². The Morgan fingerprint density at radius 3 is 2.42 bits per heavy atom. The number of nitrogens with one attached hydrogen (secondary N) is 3. The van der Waals surface area contributed by atoms with Crippen molar-refractivity contribution in [3.63, 3.8) is 0 Å². The highest BCUT2D eigenvalue weighted by Gasteiger charge is 2.73. The van der Waals surface area contributed by atoms with Crippen LogP contribution in [0.3, 0.4) is 0 Å². The van der Waals surface area contributed by atoms with Crippen LogP contribution in [0.5, 0.6) is 0 Å². The number of hydrogen-bond acceptors (Lipinski definition) is 12. The summed E-state index contributed by atoms with van der Waals surface area (Å²) in [4.78, 5) is 25.7. The Morgan fingerprint density at radius 2 is 1.65 bits per heavy atom. The van der Waals surface area contributed by atoms with Crippen molar-refractivity contribution in [2.75, 3.05) is 51.9 Å². The van der Waals surface area contributed by atoms with Crippen LogP contribution in [0.25, 0.3) is 33.4 Å². The smallest absolute Gasteiger partial charge is 0.336 e. The van der Waals surface area contributed by atoms with E-state index in [4.69, 9.17) is 29.8 Å². The van der Waals surface area contributed by atoms with Crippen molar-refractivity contribution in [2.45, 2.75) is 118 Å². The van der Waals surface area contributed by atoms with Gasteiger partial charge in [0.1, 0.15) is 11.3 Å². The summed E-state index contributed by atoms with van der Waals surface area (Å²) in [5.41, 5.74) is 12.2. The van der Waals surface area contributed by atoms with E-state index >= 15 is 0 Å².